The van der Waals surface area contributed by atoms with Gasteiger partial charge < -0.3 is 24.4 Å². The van der Waals surface area contributed by atoms with Gasteiger partial charge in [-0.15, -0.1) is 0 Å². The number of benzene rings is 3. The van der Waals surface area contributed by atoms with E-state index >= 15 is 0 Å². The predicted molar refractivity (Wildman–Crippen MR) is 179 cm³/mol. The molecular formula is C37H37ClN4O5. The van der Waals surface area contributed by atoms with Crippen molar-refractivity contribution in [1.29, 1.82) is 5.26 Å². The van der Waals surface area contributed by atoms with Crippen molar-refractivity contribution in [2.45, 2.75) is 52.2 Å². The third kappa shape index (κ3) is 7.98. The molecule has 47 heavy (non-hydrogen) atoms. The summed E-state index contributed by atoms with van der Waals surface area (Å²) in [4.78, 5) is 31.8. The van der Waals surface area contributed by atoms with Gasteiger partial charge in [0.1, 0.15) is 24.5 Å². The first kappa shape index (κ1) is 33.6. The van der Waals surface area contributed by atoms with Crippen LogP contribution in [0.3, 0.4) is 0 Å². The molecule has 1 aliphatic rings. The van der Waals surface area contributed by atoms with Crippen molar-refractivity contribution in [1.82, 2.24) is 15.2 Å². The van der Waals surface area contributed by atoms with Crippen molar-refractivity contribution in [2.75, 3.05) is 20.6 Å². The maximum absolute atomic E-state index is 13.3. The second kappa shape index (κ2) is 15.2. The zero-order valence-electron chi connectivity index (χ0n) is 26.9. The largest absolute Gasteiger partial charge is 0.488 e. The molecule has 1 aliphatic heterocycles. The maximum atomic E-state index is 13.3. The Morgan fingerprint density at radius 3 is 2.53 bits per heavy atom. The van der Waals surface area contributed by atoms with Gasteiger partial charge in [-0.25, -0.2) is 0 Å². The molecule has 0 spiro atoms. The minimum absolute atomic E-state index is 0.0588. The van der Waals surface area contributed by atoms with Crippen LogP contribution in [0.4, 0.5) is 0 Å². The maximum Gasteiger partial charge on any atom is 0.325 e. The molecule has 0 saturated carbocycles. The number of carbonyl (C=O) groups excluding carboxylic acids is 2. The number of halogens is 1. The molecule has 10 heteroatoms. The van der Waals surface area contributed by atoms with Crippen molar-refractivity contribution in [3.8, 4) is 22.9 Å². The van der Waals surface area contributed by atoms with Gasteiger partial charge in [0.2, 0.25) is 6.29 Å². The topological polar surface area (TPSA) is 114 Å². The van der Waals surface area contributed by atoms with Gasteiger partial charge in [-0.05, 0) is 91.4 Å². The van der Waals surface area contributed by atoms with Gasteiger partial charge in [0.15, 0.2) is 0 Å². The number of nitriles is 1. The first-order valence-corrected chi connectivity index (χ1v) is 15.8. The van der Waals surface area contributed by atoms with E-state index in [0.717, 1.165) is 40.8 Å². The first-order valence-electron chi connectivity index (χ1n) is 15.4. The number of hydrogen-bond acceptors (Lipinski definition) is 8. The van der Waals surface area contributed by atoms with Crippen molar-refractivity contribution in [3.05, 3.63) is 117 Å². The summed E-state index contributed by atoms with van der Waals surface area (Å²) in [5.41, 5.74) is 6.89. The fourth-order valence-corrected chi connectivity index (χ4v) is 5.76. The van der Waals surface area contributed by atoms with E-state index in [4.69, 9.17) is 25.8 Å². The van der Waals surface area contributed by atoms with E-state index in [1.165, 1.54) is 6.20 Å². The zero-order valence-corrected chi connectivity index (χ0v) is 27.6. The summed E-state index contributed by atoms with van der Waals surface area (Å²) in [5.74, 6) is -0.0679. The number of rotatable bonds is 11. The zero-order chi connectivity index (χ0) is 33.5. The highest BCUT2D eigenvalue weighted by atomic mass is 35.5. The number of amides is 1. The van der Waals surface area contributed by atoms with Crippen molar-refractivity contribution >= 4 is 23.5 Å². The highest BCUT2D eigenvalue weighted by Crippen LogP contribution is 2.35. The molecule has 3 aromatic carbocycles. The molecule has 0 radical (unpaired) electrons. The minimum atomic E-state index is -1.13. The lowest BCUT2D eigenvalue weighted by Gasteiger charge is -2.24. The molecule has 1 saturated heterocycles. The fraction of sp³-hybridized carbons (Fsp3) is 0.297. The number of hydrogen-bond donors (Lipinski definition) is 1. The Kier molecular flexibility index (Phi) is 10.9. The molecule has 2 heterocycles. The summed E-state index contributed by atoms with van der Waals surface area (Å²) in [6, 6.07) is 20.1. The monoisotopic (exact) mass is 652 g/mol. The molecule has 5 rings (SSSR count). The van der Waals surface area contributed by atoms with Crippen LogP contribution in [-0.4, -0.2) is 48.4 Å². The summed E-state index contributed by atoms with van der Waals surface area (Å²) in [7, 11) is 3.48. The summed E-state index contributed by atoms with van der Waals surface area (Å²) >= 11 is 6.44. The van der Waals surface area contributed by atoms with Gasteiger partial charge in [0, 0.05) is 42.6 Å². The third-order valence-corrected chi connectivity index (χ3v) is 8.44. The van der Waals surface area contributed by atoms with E-state index in [9.17, 15) is 14.9 Å². The third-order valence-electron chi connectivity index (χ3n) is 8.21. The number of nitrogens with zero attached hydrogens (tertiary/aromatic N) is 3. The number of ether oxygens (including phenoxy) is 3. The average Bonchev–Trinajstić information content (AvgIpc) is 3.62. The molecule has 242 valence electrons. The number of aromatic nitrogens is 1. The van der Waals surface area contributed by atoms with Crippen LogP contribution in [0, 0.1) is 25.2 Å². The quantitative estimate of drug-likeness (QED) is 0.141. The Labute approximate surface area is 280 Å². The van der Waals surface area contributed by atoms with E-state index in [1.807, 2.05) is 50.2 Å². The van der Waals surface area contributed by atoms with Gasteiger partial charge in [0.05, 0.1) is 17.7 Å². The van der Waals surface area contributed by atoms with Crippen LogP contribution in [0.25, 0.3) is 11.1 Å². The SMILES string of the molecule is Cc1c(COC(OC(=O)[C@@H]2CCCN2)c2cc(Cl)ccc2OCc2cncc(C#N)c2)cccc1-c1cccc(C(=O)N(C)C)c1C. The van der Waals surface area contributed by atoms with E-state index in [2.05, 4.69) is 16.4 Å². The summed E-state index contributed by atoms with van der Waals surface area (Å²) in [6.07, 6.45) is 3.52. The number of nitrogens with one attached hydrogen (secondary N) is 1. The number of carbonyl (C=O) groups is 2. The number of pyridine rings is 1. The van der Waals surface area contributed by atoms with Crippen LogP contribution in [0.15, 0.2) is 73.1 Å². The first-order chi connectivity index (χ1) is 22.7. The fourth-order valence-electron chi connectivity index (χ4n) is 5.58. The Morgan fingerprint density at radius 1 is 1.04 bits per heavy atom. The Balaban J connectivity index is 1.44. The lowest BCUT2D eigenvalue weighted by atomic mass is 9.91. The molecule has 2 atom stereocenters. The highest BCUT2D eigenvalue weighted by Gasteiger charge is 2.29. The number of esters is 1. The molecule has 0 aliphatic carbocycles. The smallest absolute Gasteiger partial charge is 0.325 e. The summed E-state index contributed by atoms with van der Waals surface area (Å²) in [6.45, 7) is 4.94. The Morgan fingerprint density at radius 2 is 1.81 bits per heavy atom. The van der Waals surface area contributed by atoms with E-state index in [-0.39, 0.29) is 19.1 Å². The Bertz CT molecular complexity index is 1810. The van der Waals surface area contributed by atoms with Gasteiger partial charge in [-0.2, -0.15) is 5.26 Å². The van der Waals surface area contributed by atoms with Gasteiger partial charge in [0.25, 0.3) is 5.91 Å². The second-order valence-corrected chi connectivity index (χ2v) is 12.1. The molecule has 0 bridgehead atoms. The highest BCUT2D eigenvalue weighted by molar-refractivity contribution is 6.30. The summed E-state index contributed by atoms with van der Waals surface area (Å²) < 4.78 is 18.6. The normalized spacial score (nSPS) is 14.7. The van der Waals surface area contributed by atoms with Crippen molar-refractivity contribution < 1.29 is 23.8 Å². The van der Waals surface area contributed by atoms with Gasteiger partial charge in [-0.3, -0.25) is 14.6 Å². The van der Waals surface area contributed by atoms with Crippen LogP contribution in [0.5, 0.6) is 5.75 Å². The standard InChI is InChI=1S/C37H37ClN4O5/c1-23-27(8-5-9-29(23)30-10-6-11-31(24(30)2)35(43)42(3)4)22-46-37(47-36(44)33-12-7-15-41-33)32-17-28(38)13-14-34(32)45-21-26-16-25(18-39)19-40-20-26/h5-6,8-11,13-14,16-17,19-20,33,37,41H,7,12,15,21-22H2,1-4H3/t33-,37?/m0/s1. The van der Waals surface area contributed by atoms with Gasteiger partial charge >= 0.3 is 5.97 Å². The Hall–Kier alpha value is -4.75. The lowest BCUT2D eigenvalue weighted by Crippen LogP contribution is -2.33. The van der Waals surface area contributed by atoms with Crippen LogP contribution in [-0.2, 0) is 27.5 Å². The van der Waals surface area contributed by atoms with E-state index in [0.29, 0.717) is 39.4 Å². The molecule has 9 nitrogen and oxygen atoms in total. The van der Waals surface area contributed by atoms with Crippen LogP contribution < -0.4 is 10.1 Å². The van der Waals surface area contributed by atoms with Crippen molar-refractivity contribution in [3.63, 3.8) is 0 Å². The van der Waals surface area contributed by atoms with E-state index in [1.54, 1.807) is 49.5 Å². The molecule has 1 unspecified atom stereocenters. The minimum Gasteiger partial charge on any atom is -0.488 e. The molecule has 1 amide bonds. The van der Waals surface area contributed by atoms with Crippen LogP contribution >= 0.6 is 11.6 Å². The molecule has 1 aromatic heterocycles. The van der Waals surface area contributed by atoms with Crippen LogP contribution in [0.2, 0.25) is 5.02 Å². The molecular weight excluding hydrogens is 616 g/mol. The lowest BCUT2D eigenvalue weighted by molar-refractivity contribution is -0.186. The molecule has 1 N–H and O–H groups in total. The second-order valence-electron chi connectivity index (χ2n) is 11.7. The van der Waals surface area contributed by atoms with Crippen LogP contribution in [0.1, 0.15) is 62.9 Å². The molecule has 1 fully saturated rings. The average molecular weight is 653 g/mol. The van der Waals surface area contributed by atoms with Crippen molar-refractivity contribution in [2.24, 2.45) is 0 Å². The summed E-state index contributed by atoms with van der Waals surface area (Å²) in [5, 5.41) is 12.9. The predicted octanol–water partition coefficient (Wildman–Crippen LogP) is 6.68. The molecule has 4 aromatic rings. The van der Waals surface area contributed by atoms with Gasteiger partial charge in [-0.1, -0.05) is 41.9 Å². The van der Waals surface area contributed by atoms with E-state index < -0.39 is 18.3 Å².